The van der Waals surface area contributed by atoms with Gasteiger partial charge < -0.3 is 9.30 Å². The molecule has 0 radical (unpaired) electrons. The largest absolute Gasteiger partial charge is 0.494 e. The minimum atomic E-state index is 0.0602. The minimum Gasteiger partial charge on any atom is -0.494 e. The van der Waals surface area contributed by atoms with E-state index in [1.54, 1.807) is 12.1 Å². The topological polar surface area (TPSA) is 57.0 Å². The Hall–Kier alpha value is -2.60. The van der Waals surface area contributed by atoms with Crippen LogP contribution in [0.1, 0.15) is 24.2 Å². The first-order chi connectivity index (χ1) is 12.7. The number of hydrogen-bond acceptors (Lipinski definition) is 5. The number of rotatable bonds is 8. The van der Waals surface area contributed by atoms with Crippen molar-refractivity contribution in [3.05, 3.63) is 60.2 Å². The average molecular weight is 367 g/mol. The van der Waals surface area contributed by atoms with Gasteiger partial charge in [-0.3, -0.25) is 4.79 Å². The lowest BCUT2D eigenvalue weighted by Crippen LogP contribution is -2.05. The fraction of sp³-hybridized carbons (Fsp3) is 0.250. The second-order valence-electron chi connectivity index (χ2n) is 5.59. The molecule has 2 aromatic carbocycles. The van der Waals surface area contributed by atoms with Crippen molar-refractivity contribution in [2.24, 2.45) is 0 Å². The van der Waals surface area contributed by atoms with Crippen LogP contribution >= 0.6 is 11.8 Å². The number of ketones is 1. The van der Waals surface area contributed by atoms with Crippen LogP contribution in [0.15, 0.2) is 59.8 Å². The van der Waals surface area contributed by atoms with Crippen molar-refractivity contribution >= 4 is 17.5 Å². The van der Waals surface area contributed by atoms with E-state index in [-0.39, 0.29) is 5.78 Å². The third-order valence-electron chi connectivity index (χ3n) is 3.88. The molecular weight excluding hydrogens is 346 g/mol. The number of hydrogen-bond donors (Lipinski definition) is 0. The number of benzene rings is 2. The molecule has 0 atom stereocenters. The van der Waals surface area contributed by atoms with E-state index in [0.717, 1.165) is 28.8 Å². The Labute approximate surface area is 157 Å². The summed E-state index contributed by atoms with van der Waals surface area (Å²) in [4.78, 5) is 12.4. The van der Waals surface area contributed by atoms with Gasteiger partial charge in [0, 0.05) is 17.7 Å². The van der Waals surface area contributed by atoms with Gasteiger partial charge in [0.2, 0.25) is 0 Å². The average Bonchev–Trinajstić information content (AvgIpc) is 3.10. The Kier molecular flexibility index (Phi) is 6.07. The van der Waals surface area contributed by atoms with Gasteiger partial charge in [0.25, 0.3) is 0 Å². The van der Waals surface area contributed by atoms with Crippen LogP contribution < -0.4 is 4.74 Å². The van der Waals surface area contributed by atoms with E-state index in [0.29, 0.717) is 17.9 Å². The molecule has 0 bridgehead atoms. The van der Waals surface area contributed by atoms with Crippen molar-refractivity contribution in [1.82, 2.24) is 14.8 Å². The zero-order valence-electron chi connectivity index (χ0n) is 14.9. The number of carbonyl (C=O) groups excluding carboxylic acids is 1. The highest BCUT2D eigenvalue weighted by molar-refractivity contribution is 7.99. The number of nitrogens with zero attached hydrogens (tertiary/aromatic N) is 3. The van der Waals surface area contributed by atoms with Crippen molar-refractivity contribution in [2.75, 3.05) is 12.4 Å². The fourth-order valence-corrected chi connectivity index (χ4v) is 3.50. The Balaban J connectivity index is 1.69. The smallest absolute Gasteiger partial charge is 0.191 e. The SMILES string of the molecule is CCOc1ccc(C(=O)CSc2nnc(-c3ccccc3)n2CC)cc1. The molecule has 0 spiro atoms. The second-order valence-corrected chi connectivity index (χ2v) is 6.53. The molecule has 0 N–H and O–H groups in total. The van der Waals surface area contributed by atoms with Gasteiger partial charge in [-0.1, -0.05) is 42.1 Å². The van der Waals surface area contributed by atoms with Gasteiger partial charge in [0.05, 0.1) is 12.4 Å². The summed E-state index contributed by atoms with van der Waals surface area (Å²) in [7, 11) is 0. The molecule has 0 saturated heterocycles. The number of ether oxygens (including phenoxy) is 1. The highest BCUT2D eigenvalue weighted by Gasteiger charge is 2.15. The van der Waals surface area contributed by atoms with Gasteiger partial charge in [-0.25, -0.2) is 0 Å². The van der Waals surface area contributed by atoms with Crippen LogP contribution in [-0.4, -0.2) is 32.9 Å². The van der Waals surface area contributed by atoms with Crippen LogP contribution in [0.4, 0.5) is 0 Å². The van der Waals surface area contributed by atoms with Crippen LogP contribution in [0.2, 0.25) is 0 Å². The first kappa shape index (κ1) is 18.2. The summed E-state index contributed by atoms with van der Waals surface area (Å²) < 4.78 is 7.44. The van der Waals surface area contributed by atoms with E-state index in [9.17, 15) is 4.79 Å². The van der Waals surface area contributed by atoms with Gasteiger partial charge in [0.1, 0.15) is 5.75 Å². The van der Waals surface area contributed by atoms with Gasteiger partial charge in [-0.15, -0.1) is 10.2 Å². The maximum Gasteiger partial charge on any atom is 0.191 e. The highest BCUT2D eigenvalue weighted by atomic mass is 32.2. The quantitative estimate of drug-likeness (QED) is 0.438. The summed E-state index contributed by atoms with van der Waals surface area (Å²) in [6, 6.07) is 17.2. The molecular formula is C20H21N3O2S. The predicted molar refractivity (Wildman–Crippen MR) is 104 cm³/mol. The Bertz CT molecular complexity index is 861. The monoisotopic (exact) mass is 367 g/mol. The number of thioether (sulfide) groups is 1. The summed E-state index contributed by atoms with van der Waals surface area (Å²) in [5, 5.41) is 9.33. The maximum absolute atomic E-state index is 12.4. The van der Waals surface area contributed by atoms with Gasteiger partial charge in [0.15, 0.2) is 16.8 Å². The van der Waals surface area contributed by atoms with Gasteiger partial charge in [-0.05, 0) is 38.1 Å². The number of carbonyl (C=O) groups is 1. The van der Waals surface area contributed by atoms with Crippen molar-refractivity contribution in [2.45, 2.75) is 25.5 Å². The van der Waals surface area contributed by atoms with E-state index in [1.165, 1.54) is 11.8 Å². The van der Waals surface area contributed by atoms with Crippen molar-refractivity contribution < 1.29 is 9.53 Å². The van der Waals surface area contributed by atoms with E-state index < -0.39 is 0 Å². The molecule has 5 nitrogen and oxygen atoms in total. The molecule has 134 valence electrons. The number of Topliss-reactive ketones (excluding diaryl/α,β-unsaturated/α-hetero) is 1. The first-order valence-electron chi connectivity index (χ1n) is 8.60. The van der Waals surface area contributed by atoms with Crippen LogP contribution in [0.5, 0.6) is 5.75 Å². The van der Waals surface area contributed by atoms with E-state index in [1.807, 2.05) is 60.9 Å². The second kappa shape index (κ2) is 8.67. The van der Waals surface area contributed by atoms with Gasteiger partial charge in [-0.2, -0.15) is 0 Å². The minimum absolute atomic E-state index is 0.0602. The molecule has 0 saturated carbocycles. The molecule has 3 rings (SSSR count). The zero-order chi connectivity index (χ0) is 18.4. The van der Waals surface area contributed by atoms with Crippen LogP contribution in [0.25, 0.3) is 11.4 Å². The predicted octanol–water partition coefficient (Wildman–Crippen LogP) is 4.34. The zero-order valence-corrected chi connectivity index (χ0v) is 15.7. The molecule has 0 unspecified atom stereocenters. The summed E-state index contributed by atoms with van der Waals surface area (Å²) in [5.41, 5.74) is 1.69. The molecule has 6 heteroatoms. The normalized spacial score (nSPS) is 10.7. The molecule has 0 amide bonds. The van der Waals surface area contributed by atoms with Crippen LogP contribution in [-0.2, 0) is 6.54 Å². The van der Waals surface area contributed by atoms with Gasteiger partial charge >= 0.3 is 0 Å². The molecule has 0 aliphatic carbocycles. The highest BCUT2D eigenvalue weighted by Crippen LogP contribution is 2.24. The van der Waals surface area contributed by atoms with E-state index in [2.05, 4.69) is 10.2 Å². The van der Waals surface area contributed by atoms with Crippen molar-refractivity contribution in [3.63, 3.8) is 0 Å². The summed E-state index contributed by atoms with van der Waals surface area (Å²) in [5.74, 6) is 1.98. The summed E-state index contributed by atoms with van der Waals surface area (Å²) in [6.45, 7) is 5.34. The lowest BCUT2D eigenvalue weighted by molar-refractivity contribution is 0.102. The molecule has 0 aliphatic heterocycles. The third kappa shape index (κ3) is 4.14. The van der Waals surface area contributed by atoms with E-state index in [4.69, 9.17) is 4.74 Å². The van der Waals surface area contributed by atoms with Crippen LogP contribution in [0, 0.1) is 0 Å². The van der Waals surface area contributed by atoms with Crippen molar-refractivity contribution in [1.29, 1.82) is 0 Å². The van der Waals surface area contributed by atoms with E-state index >= 15 is 0 Å². The first-order valence-corrected chi connectivity index (χ1v) is 9.59. The maximum atomic E-state index is 12.4. The standard InChI is InChI=1S/C20H21N3O2S/c1-3-23-19(16-8-6-5-7-9-16)21-22-20(23)26-14-18(24)15-10-12-17(13-11-15)25-4-2/h5-13H,3-4,14H2,1-2H3. The third-order valence-corrected chi connectivity index (χ3v) is 4.85. The molecule has 3 aromatic rings. The van der Waals surface area contributed by atoms with Crippen molar-refractivity contribution in [3.8, 4) is 17.1 Å². The fourth-order valence-electron chi connectivity index (χ4n) is 2.60. The molecule has 1 heterocycles. The Morgan fingerprint density at radius 3 is 2.42 bits per heavy atom. The molecule has 0 fully saturated rings. The lowest BCUT2D eigenvalue weighted by atomic mass is 10.1. The molecule has 1 aromatic heterocycles. The Morgan fingerprint density at radius 1 is 1.04 bits per heavy atom. The number of aromatic nitrogens is 3. The summed E-state index contributed by atoms with van der Waals surface area (Å²) >= 11 is 1.41. The van der Waals surface area contributed by atoms with Crippen LogP contribution in [0.3, 0.4) is 0 Å². The summed E-state index contributed by atoms with van der Waals surface area (Å²) in [6.07, 6.45) is 0. The lowest BCUT2D eigenvalue weighted by Gasteiger charge is -2.07. The molecule has 26 heavy (non-hydrogen) atoms. The molecule has 0 aliphatic rings. The Morgan fingerprint density at radius 2 is 1.77 bits per heavy atom.